The second kappa shape index (κ2) is 7.13. The highest BCUT2D eigenvalue weighted by atomic mass is 19.4. The van der Waals surface area contributed by atoms with Crippen molar-refractivity contribution >= 4 is 5.91 Å². The molecule has 140 valence electrons. The van der Waals surface area contributed by atoms with Crippen molar-refractivity contribution in [1.82, 2.24) is 14.5 Å². The summed E-state index contributed by atoms with van der Waals surface area (Å²) in [6, 6.07) is 3.35. The van der Waals surface area contributed by atoms with Crippen LogP contribution < -0.4 is 0 Å². The fourth-order valence-electron chi connectivity index (χ4n) is 3.52. The van der Waals surface area contributed by atoms with E-state index >= 15 is 0 Å². The molecule has 0 saturated carbocycles. The fourth-order valence-corrected chi connectivity index (χ4v) is 3.52. The highest BCUT2D eigenvalue weighted by molar-refractivity contribution is 5.96. The van der Waals surface area contributed by atoms with Gasteiger partial charge in [-0.15, -0.1) is 0 Å². The van der Waals surface area contributed by atoms with E-state index < -0.39 is 11.7 Å². The summed E-state index contributed by atoms with van der Waals surface area (Å²) >= 11 is 0. The van der Waals surface area contributed by atoms with Crippen LogP contribution >= 0.6 is 0 Å². The Hall–Kier alpha value is -2.31. The van der Waals surface area contributed by atoms with Gasteiger partial charge in [-0.1, -0.05) is 6.07 Å². The third-order valence-corrected chi connectivity index (χ3v) is 4.96. The minimum atomic E-state index is -4.46. The van der Waals surface area contributed by atoms with Crippen molar-refractivity contribution in [2.24, 2.45) is 0 Å². The number of amides is 1. The molecule has 26 heavy (non-hydrogen) atoms. The number of likely N-dealkylation sites (tertiary alicyclic amines) is 1. The van der Waals surface area contributed by atoms with Gasteiger partial charge in [-0.3, -0.25) is 4.79 Å². The number of hydrogen-bond donors (Lipinski definition) is 0. The monoisotopic (exact) mass is 365 g/mol. The number of nitrogens with zero attached hydrogens (tertiary/aromatic N) is 3. The molecule has 2 aromatic rings. The van der Waals surface area contributed by atoms with Crippen LogP contribution in [-0.2, 0) is 12.7 Å². The number of carbonyl (C=O) groups excluding carboxylic acids is 1. The van der Waals surface area contributed by atoms with Crippen molar-refractivity contribution in [3.05, 3.63) is 53.1 Å². The molecule has 1 aliphatic rings. The molecule has 0 N–H and O–H groups in total. The molecule has 0 aliphatic carbocycles. The van der Waals surface area contributed by atoms with E-state index in [-0.39, 0.29) is 17.4 Å². The highest BCUT2D eigenvalue weighted by Crippen LogP contribution is 2.32. The van der Waals surface area contributed by atoms with E-state index in [0.29, 0.717) is 18.7 Å². The van der Waals surface area contributed by atoms with Crippen LogP contribution in [0.2, 0.25) is 0 Å². The van der Waals surface area contributed by atoms with E-state index in [9.17, 15) is 18.0 Å². The van der Waals surface area contributed by atoms with Gasteiger partial charge >= 0.3 is 6.18 Å². The standard InChI is InChI=1S/C19H22F3N3O/c1-3-24-10-8-23-17(24)14-5-4-9-25(12-14)18(26)16-11-15(19(20,21)22)7-6-13(16)2/h6-8,10-11,14H,3-5,9,12H2,1-2H3. The maximum atomic E-state index is 13.0. The number of alkyl halides is 3. The van der Waals surface area contributed by atoms with Gasteiger partial charge in [-0.05, 0) is 44.4 Å². The van der Waals surface area contributed by atoms with Crippen LogP contribution in [0.1, 0.15) is 53.0 Å². The van der Waals surface area contributed by atoms with Crippen LogP contribution in [0.3, 0.4) is 0 Å². The Kier molecular flexibility index (Phi) is 5.07. The van der Waals surface area contributed by atoms with E-state index in [1.807, 2.05) is 17.7 Å². The summed E-state index contributed by atoms with van der Waals surface area (Å²) in [6.45, 7) is 5.53. The van der Waals surface area contributed by atoms with Crippen LogP contribution in [0.25, 0.3) is 0 Å². The summed E-state index contributed by atoms with van der Waals surface area (Å²) in [4.78, 5) is 19.0. The van der Waals surface area contributed by atoms with Crippen molar-refractivity contribution in [3.8, 4) is 0 Å². The molecule has 1 aliphatic heterocycles. The van der Waals surface area contributed by atoms with Crippen LogP contribution in [0, 0.1) is 6.92 Å². The van der Waals surface area contributed by atoms with E-state index in [1.165, 1.54) is 6.07 Å². The van der Waals surface area contributed by atoms with E-state index in [2.05, 4.69) is 4.98 Å². The smallest absolute Gasteiger partial charge is 0.338 e. The molecule has 4 nitrogen and oxygen atoms in total. The number of hydrogen-bond acceptors (Lipinski definition) is 2. The first-order valence-electron chi connectivity index (χ1n) is 8.79. The molecule has 0 spiro atoms. The molecule has 1 saturated heterocycles. The Morgan fingerprint density at radius 3 is 2.81 bits per heavy atom. The van der Waals surface area contributed by atoms with E-state index in [1.54, 1.807) is 18.0 Å². The van der Waals surface area contributed by atoms with Gasteiger partial charge in [0.25, 0.3) is 5.91 Å². The Labute approximate surface area is 150 Å². The van der Waals surface area contributed by atoms with Crippen molar-refractivity contribution in [2.45, 2.75) is 45.3 Å². The maximum absolute atomic E-state index is 13.0. The average molecular weight is 365 g/mol. The molecule has 0 radical (unpaired) electrons. The molecule has 0 bridgehead atoms. The van der Waals surface area contributed by atoms with Crippen molar-refractivity contribution in [1.29, 1.82) is 0 Å². The fraction of sp³-hybridized carbons (Fsp3) is 0.474. The number of carbonyl (C=O) groups is 1. The number of imidazole rings is 1. The SMILES string of the molecule is CCn1ccnc1C1CCCN(C(=O)c2cc(C(F)(F)F)ccc2C)C1. The van der Waals surface area contributed by atoms with Gasteiger partial charge in [0, 0.05) is 43.5 Å². The second-order valence-electron chi connectivity index (χ2n) is 6.69. The van der Waals surface area contributed by atoms with Crippen molar-refractivity contribution in [3.63, 3.8) is 0 Å². The van der Waals surface area contributed by atoms with Crippen molar-refractivity contribution < 1.29 is 18.0 Å². The highest BCUT2D eigenvalue weighted by Gasteiger charge is 2.33. The Morgan fingerprint density at radius 2 is 2.12 bits per heavy atom. The lowest BCUT2D eigenvalue weighted by Crippen LogP contribution is -2.40. The number of halogens is 3. The minimum absolute atomic E-state index is 0.105. The zero-order chi connectivity index (χ0) is 18.9. The lowest BCUT2D eigenvalue weighted by Gasteiger charge is -2.33. The van der Waals surface area contributed by atoms with Gasteiger partial charge < -0.3 is 9.47 Å². The number of piperidine rings is 1. The first-order chi connectivity index (χ1) is 12.3. The summed E-state index contributed by atoms with van der Waals surface area (Å²) in [5.41, 5.74) is -0.110. The van der Waals surface area contributed by atoms with Gasteiger partial charge in [-0.25, -0.2) is 4.98 Å². The third-order valence-electron chi connectivity index (χ3n) is 4.96. The molecular weight excluding hydrogens is 343 g/mol. The maximum Gasteiger partial charge on any atom is 0.416 e. The lowest BCUT2D eigenvalue weighted by molar-refractivity contribution is -0.137. The Balaban J connectivity index is 1.84. The van der Waals surface area contributed by atoms with Crippen LogP contribution in [0.4, 0.5) is 13.2 Å². The van der Waals surface area contributed by atoms with Crippen LogP contribution in [0.15, 0.2) is 30.6 Å². The number of aryl methyl sites for hydroxylation is 2. The predicted octanol–water partition coefficient (Wildman–Crippen LogP) is 4.25. The summed E-state index contributed by atoms with van der Waals surface area (Å²) in [7, 11) is 0. The number of aromatic nitrogens is 2. The topological polar surface area (TPSA) is 38.1 Å². The van der Waals surface area contributed by atoms with Gasteiger partial charge in [0.1, 0.15) is 5.82 Å². The third kappa shape index (κ3) is 3.61. The quantitative estimate of drug-likeness (QED) is 0.816. The predicted molar refractivity (Wildman–Crippen MR) is 92.0 cm³/mol. The molecule has 3 rings (SSSR count). The molecule has 1 unspecified atom stereocenters. The lowest BCUT2D eigenvalue weighted by atomic mass is 9.95. The van der Waals surface area contributed by atoms with Gasteiger partial charge in [0.15, 0.2) is 0 Å². The second-order valence-corrected chi connectivity index (χ2v) is 6.69. The first-order valence-corrected chi connectivity index (χ1v) is 8.79. The molecule has 1 aromatic carbocycles. The molecule has 7 heteroatoms. The van der Waals surface area contributed by atoms with Crippen LogP contribution in [-0.4, -0.2) is 33.4 Å². The normalized spacial score (nSPS) is 18.2. The summed E-state index contributed by atoms with van der Waals surface area (Å²) in [6.07, 6.45) is 0.927. The minimum Gasteiger partial charge on any atom is -0.338 e. The van der Waals surface area contributed by atoms with E-state index in [0.717, 1.165) is 37.3 Å². The summed E-state index contributed by atoms with van der Waals surface area (Å²) in [5, 5.41) is 0. The zero-order valence-electron chi connectivity index (χ0n) is 14.9. The van der Waals surface area contributed by atoms with Gasteiger partial charge in [0.05, 0.1) is 5.56 Å². The van der Waals surface area contributed by atoms with E-state index in [4.69, 9.17) is 0 Å². The van der Waals surface area contributed by atoms with Gasteiger partial charge in [0.2, 0.25) is 0 Å². The van der Waals surface area contributed by atoms with Gasteiger partial charge in [-0.2, -0.15) is 13.2 Å². The molecule has 1 atom stereocenters. The summed E-state index contributed by atoms with van der Waals surface area (Å²) < 4.78 is 41.1. The molecule has 2 heterocycles. The Morgan fingerprint density at radius 1 is 1.35 bits per heavy atom. The molecular formula is C19H22F3N3O. The first kappa shape index (κ1) is 18.5. The molecule has 1 aromatic heterocycles. The molecule has 1 amide bonds. The number of benzene rings is 1. The van der Waals surface area contributed by atoms with Crippen molar-refractivity contribution in [2.75, 3.05) is 13.1 Å². The number of rotatable bonds is 3. The largest absolute Gasteiger partial charge is 0.416 e. The zero-order valence-corrected chi connectivity index (χ0v) is 14.9. The average Bonchev–Trinajstić information content (AvgIpc) is 3.09. The molecule has 1 fully saturated rings. The Bertz CT molecular complexity index is 798. The van der Waals surface area contributed by atoms with Crippen LogP contribution in [0.5, 0.6) is 0 Å². The summed E-state index contributed by atoms with van der Waals surface area (Å²) in [5.74, 6) is 0.701.